The number of hydrogen-bond donors (Lipinski definition) is 2. The highest BCUT2D eigenvalue weighted by Crippen LogP contribution is 2.35. The number of aromatic nitrogens is 1. The molecule has 2 N–H and O–H groups in total. The van der Waals surface area contributed by atoms with Gasteiger partial charge in [0.2, 0.25) is 0 Å². The van der Waals surface area contributed by atoms with Gasteiger partial charge < -0.3 is 19.8 Å². The molecule has 1 amide bonds. The normalized spacial score (nSPS) is 26.8. The second kappa shape index (κ2) is 6.07. The number of likely N-dealkylation sites (tertiary alicyclic amines) is 1. The fourth-order valence-electron chi connectivity index (χ4n) is 3.59. The van der Waals surface area contributed by atoms with E-state index in [2.05, 4.69) is 4.98 Å². The predicted octanol–water partition coefficient (Wildman–Crippen LogP) is 1.41. The summed E-state index contributed by atoms with van der Waals surface area (Å²) in [7, 11) is 0. The van der Waals surface area contributed by atoms with E-state index in [0.717, 1.165) is 10.2 Å². The zero-order valence-corrected chi connectivity index (χ0v) is 14.0. The van der Waals surface area contributed by atoms with Gasteiger partial charge in [-0.15, -0.1) is 11.3 Å². The van der Waals surface area contributed by atoms with Gasteiger partial charge in [-0.25, -0.2) is 4.98 Å². The third-order valence-corrected chi connectivity index (χ3v) is 5.92. The molecule has 0 bridgehead atoms. The molecule has 0 saturated carbocycles. The van der Waals surface area contributed by atoms with Gasteiger partial charge in [0.05, 0.1) is 34.0 Å². The second-order valence-corrected chi connectivity index (χ2v) is 7.55. The number of piperidine rings is 1. The first-order valence-corrected chi connectivity index (χ1v) is 9.07. The maximum atomic E-state index is 12.7. The minimum atomic E-state index is -0.804. The molecule has 24 heavy (non-hydrogen) atoms. The monoisotopic (exact) mass is 348 g/mol. The van der Waals surface area contributed by atoms with Crippen molar-refractivity contribution in [2.75, 3.05) is 19.7 Å². The molecule has 2 aliphatic rings. The number of nitrogens with zero attached hydrogens (tertiary/aromatic N) is 2. The Morgan fingerprint density at radius 1 is 1.29 bits per heavy atom. The van der Waals surface area contributed by atoms with E-state index < -0.39 is 17.8 Å². The lowest BCUT2D eigenvalue weighted by atomic mass is 9.82. The van der Waals surface area contributed by atoms with Crippen molar-refractivity contribution in [3.63, 3.8) is 0 Å². The van der Waals surface area contributed by atoms with Crippen LogP contribution in [-0.4, -0.2) is 63.5 Å². The molecular weight excluding hydrogens is 328 g/mol. The molecule has 6 nitrogen and oxygen atoms in total. The van der Waals surface area contributed by atoms with Crippen LogP contribution in [0, 0.1) is 0 Å². The van der Waals surface area contributed by atoms with Crippen LogP contribution in [0.25, 0.3) is 10.2 Å². The number of aliphatic hydroxyl groups is 2. The summed E-state index contributed by atoms with van der Waals surface area (Å²) in [6.07, 6.45) is 0.260. The number of amides is 1. The smallest absolute Gasteiger partial charge is 0.253 e. The van der Waals surface area contributed by atoms with Crippen LogP contribution in [0.5, 0.6) is 0 Å². The topological polar surface area (TPSA) is 82.9 Å². The van der Waals surface area contributed by atoms with Crippen molar-refractivity contribution in [3.05, 3.63) is 29.3 Å². The van der Waals surface area contributed by atoms with Gasteiger partial charge in [-0.05, 0) is 31.0 Å². The van der Waals surface area contributed by atoms with Crippen molar-refractivity contribution in [3.8, 4) is 0 Å². The van der Waals surface area contributed by atoms with Gasteiger partial charge in [-0.3, -0.25) is 4.79 Å². The van der Waals surface area contributed by atoms with Crippen LogP contribution in [0.3, 0.4) is 0 Å². The highest BCUT2D eigenvalue weighted by atomic mass is 32.1. The summed E-state index contributed by atoms with van der Waals surface area (Å²) in [6.45, 7) is 1.36. The van der Waals surface area contributed by atoms with E-state index in [9.17, 15) is 15.0 Å². The second-order valence-electron chi connectivity index (χ2n) is 6.66. The Balaban J connectivity index is 1.44. The molecule has 3 heterocycles. The van der Waals surface area contributed by atoms with Crippen molar-refractivity contribution < 1.29 is 19.7 Å². The van der Waals surface area contributed by atoms with Crippen molar-refractivity contribution in [2.45, 2.75) is 37.1 Å². The largest absolute Gasteiger partial charge is 0.390 e. The lowest BCUT2D eigenvalue weighted by molar-refractivity contribution is -0.185. The molecule has 1 spiro atoms. The Morgan fingerprint density at radius 3 is 2.83 bits per heavy atom. The van der Waals surface area contributed by atoms with E-state index >= 15 is 0 Å². The summed E-state index contributed by atoms with van der Waals surface area (Å²) in [5.74, 6) is 0.0246. The summed E-state index contributed by atoms with van der Waals surface area (Å²) in [6, 6.07) is 5.61. The van der Waals surface area contributed by atoms with Gasteiger partial charge in [-0.2, -0.15) is 0 Å². The first-order chi connectivity index (χ1) is 11.6. The first-order valence-electron chi connectivity index (χ1n) is 8.19. The van der Waals surface area contributed by atoms with E-state index in [0.29, 0.717) is 37.9 Å². The predicted molar refractivity (Wildman–Crippen MR) is 90.1 cm³/mol. The third kappa shape index (κ3) is 2.82. The molecule has 0 aliphatic carbocycles. The molecule has 2 saturated heterocycles. The highest BCUT2D eigenvalue weighted by molar-refractivity contribution is 7.16. The number of fused-ring (bicyclic) bond motifs is 1. The zero-order valence-electron chi connectivity index (χ0n) is 13.2. The average molecular weight is 348 g/mol. The van der Waals surface area contributed by atoms with Crippen LogP contribution in [-0.2, 0) is 4.74 Å². The minimum absolute atomic E-state index is 0.0246. The van der Waals surface area contributed by atoms with Gasteiger partial charge in [-0.1, -0.05) is 0 Å². The number of carbonyl (C=O) groups excluding carboxylic acids is 1. The molecule has 7 heteroatoms. The van der Waals surface area contributed by atoms with E-state index in [1.54, 1.807) is 5.51 Å². The average Bonchev–Trinajstić information content (AvgIpc) is 3.06. The quantitative estimate of drug-likeness (QED) is 0.814. The Labute approximate surface area is 143 Å². The Kier molecular flexibility index (Phi) is 4.04. The van der Waals surface area contributed by atoms with Gasteiger partial charge in [0.25, 0.3) is 5.91 Å². The summed E-state index contributed by atoms with van der Waals surface area (Å²) in [5, 5.41) is 19.5. The lowest BCUT2D eigenvalue weighted by Gasteiger charge is -2.46. The highest BCUT2D eigenvalue weighted by Gasteiger charge is 2.43. The summed E-state index contributed by atoms with van der Waals surface area (Å²) >= 11 is 1.53. The number of benzene rings is 1. The SMILES string of the molecule is O=C(c1ccc2ncsc2c1)N1CCC2(CC1)C[C@@H](O)[C@@H](O)CO2. The van der Waals surface area contributed by atoms with E-state index in [-0.39, 0.29) is 12.5 Å². The molecule has 0 radical (unpaired) electrons. The Morgan fingerprint density at radius 2 is 2.08 bits per heavy atom. The number of ether oxygens (including phenoxy) is 1. The van der Waals surface area contributed by atoms with Crippen LogP contribution in [0.1, 0.15) is 29.6 Å². The number of hydrogen-bond acceptors (Lipinski definition) is 6. The maximum Gasteiger partial charge on any atom is 0.253 e. The maximum absolute atomic E-state index is 12.7. The van der Waals surface area contributed by atoms with E-state index in [1.807, 2.05) is 23.1 Å². The molecular formula is C17H20N2O4S. The number of rotatable bonds is 1. The molecule has 4 rings (SSSR count). The van der Waals surface area contributed by atoms with Gasteiger partial charge in [0.15, 0.2) is 0 Å². The zero-order chi connectivity index (χ0) is 16.7. The van der Waals surface area contributed by atoms with E-state index in [4.69, 9.17) is 4.74 Å². The molecule has 128 valence electrons. The van der Waals surface area contributed by atoms with Crippen molar-refractivity contribution in [1.82, 2.24) is 9.88 Å². The minimum Gasteiger partial charge on any atom is -0.390 e. The molecule has 0 unspecified atom stereocenters. The molecule has 1 aromatic carbocycles. The van der Waals surface area contributed by atoms with Crippen LogP contribution in [0.4, 0.5) is 0 Å². The molecule has 1 aromatic heterocycles. The standard InChI is InChI=1S/C17H20N2O4S/c20-13-8-17(23-9-14(13)21)3-5-19(6-4-17)16(22)11-1-2-12-15(7-11)24-10-18-12/h1-2,7,10,13-14,20-21H,3-6,8-9H2/t13-,14+/m1/s1. The summed E-state index contributed by atoms with van der Waals surface area (Å²) in [5.41, 5.74) is 2.97. The van der Waals surface area contributed by atoms with Crippen LogP contribution >= 0.6 is 11.3 Å². The number of aliphatic hydroxyl groups excluding tert-OH is 2. The Hall–Kier alpha value is -1.54. The Bertz CT molecular complexity index is 754. The van der Waals surface area contributed by atoms with Crippen molar-refractivity contribution in [1.29, 1.82) is 0 Å². The number of thiazole rings is 1. The fraction of sp³-hybridized carbons (Fsp3) is 0.529. The van der Waals surface area contributed by atoms with Gasteiger partial charge >= 0.3 is 0 Å². The fourth-order valence-corrected chi connectivity index (χ4v) is 4.30. The van der Waals surface area contributed by atoms with Gasteiger partial charge in [0.1, 0.15) is 6.10 Å². The van der Waals surface area contributed by atoms with Gasteiger partial charge in [0, 0.05) is 25.1 Å². The third-order valence-electron chi connectivity index (χ3n) is 5.13. The van der Waals surface area contributed by atoms with E-state index in [1.165, 1.54) is 11.3 Å². The van der Waals surface area contributed by atoms with Crippen LogP contribution < -0.4 is 0 Å². The van der Waals surface area contributed by atoms with Crippen LogP contribution in [0.15, 0.2) is 23.7 Å². The molecule has 2 fully saturated rings. The number of carbonyl (C=O) groups is 1. The first kappa shape index (κ1) is 16.0. The summed E-state index contributed by atoms with van der Waals surface area (Å²) in [4.78, 5) is 18.8. The van der Waals surface area contributed by atoms with Crippen molar-refractivity contribution in [2.24, 2.45) is 0 Å². The lowest BCUT2D eigenvalue weighted by Crippen LogP contribution is -2.55. The molecule has 2 atom stereocenters. The molecule has 2 aromatic rings. The van der Waals surface area contributed by atoms with Crippen molar-refractivity contribution >= 4 is 27.5 Å². The van der Waals surface area contributed by atoms with Crippen LogP contribution in [0.2, 0.25) is 0 Å². The summed E-state index contributed by atoms with van der Waals surface area (Å²) < 4.78 is 6.83. The molecule has 2 aliphatic heterocycles.